The van der Waals surface area contributed by atoms with Crippen molar-refractivity contribution in [2.45, 2.75) is 19.4 Å². The topological polar surface area (TPSA) is 60.3 Å². The first-order valence-electron chi connectivity index (χ1n) is 8.42. The molecule has 1 atom stereocenters. The number of hydrogen-bond acceptors (Lipinski definition) is 4. The summed E-state index contributed by atoms with van der Waals surface area (Å²) in [6.07, 6.45) is 2.57. The summed E-state index contributed by atoms with van der Waals surface area (Å²) in [5.41, 5.74) is 2.21. The van der Waals surface area contributed by atoms with Crippen molar-refractivity contribution in [2.75, 3.05) is 13.1 Å². The Hall–Kier alpha value is -2.89. The molecule has 3 heterocycles. The molecule has 0 spiro atoms. The second-order valence-electron chi connectivity index (χ2n) is 6.41. The second-order valence-corrected chi connectivity index (χ2v) is 6.41. The highest BCUT2D eigenvalue weighted by atomic mass is 16.5. The highest BCUT2D eigenvalue weighted by molar-refractivity contribution is 6.05. The van der Waals surface area contributed by atoms with Gasteiger partial charge in [0, 0.05) is 25.7 Å². The van der Waals surface area contributed by atoms with E-state index in [1.807, 2.05) is 55.3 Å². The number of para-hydroxylation sites is 1. The summed E-state index contributed by atoms with van der Waals surface area (Å²) in [5.74, 6) is 0.860. The zero-order valence-electron chi connectivity index (χ0n) is 14.3. The Morgan fingerprint density at radius 2 is 2.08 bits per heavy atom. The van der Waals surface area contributed by atoms with Gasteiger partial charge in [0.1, 0.15) is 11.9 Å². The van der Waals surface area contributed by atoms with Gasteiger partial charge in [-0.05, 0) is 25.1 Å². The number of carbonyl (C=O) groups is 1. The van der Waals surface area contributed by atoms with E-state index in [0.29, 0.717) is 18.7 Å². The summed E-state index contributed by atoms with van der Waals surface area (Å²) in [7, 11) is 1.84. The minimum atomic E-state index is 0.0164. The number of likely N-dealkylation sites (tertiary alicyclic amines) is 1. The number of pyridine rings is 1. The van der Waals surface area contributed by atoms with Gasteiger partial charge in [0.15, 0.2) is 5.65 Å². The van der Waals surface area contributed by atoms with Crippen LogP contribution < -0.4 is 4.74 Å². The third-order valence-corrected chi connectivity index (χ3v) is 4.54. The lowest BCUT2D eigenvalue weighted by atomic mass is 10.1. The fourth-order valence-electron chi connectivity index (χ4n) is 3.29. The van der Waals surface area contributed by atoms with Crippen LogP contribution in [0.3, 0.4) is 0 Å². The van der Waals surface area contributed by atoms with Gasteiger partial charge < -0.3 is 9.64 Å². The highest BCUT2D eigenvalue weighted by Gasteiger charge is 2.29. The molecule has 0 bridgehead atoms. The van der Waals surface area contributed by atoms with E-state index in [9.17, 15) is 4.79 Å². The molecular weight excluding hydrogens is 316 g/mol. The van der Waals surface area contributed by atoms with Crippen molar-refractivity contribution in [1.82, 2.24) is 19.7 Å². The Morgan fingerprint density at radius 1 is 1.28 bits per heavy atom. The molecule has 0 N–H and O–H groups in total. The maximum Gasteiger partial charge on any atom is 0.254 e. The normalized spacial score (nSPS) is 17.2. The van der Waals surface area contributed by atoms with Crippen molar-refractivity contribution in [3.8, 4) is 5.75 Å². The standard InChI is InChI=1S/C19H20N4O2/c1-13-10-16(17-11-20-22(2)18(17)21-13)19(24)23-9-8-15(12-23)25-14-6-4-3-5-7-14/h3-7,10-11,15H,8-9,12H2,1-2H3. The van der Waals surface area contributed by atoms with Crippen molar-refractivity contribution < 1.29 is 9.53 Å². The molecule has 4 rings (SSSR count). The van der Waals surface area contributed by atoms with Crippen LogP contribution in [0, 0.1) is 6.92 Å². The summed E-state index contributed by atoms with van der Waals surface area (Å²) < 4.78 is 7.68. The lowest BCUT2D eigenvalue weighted by molar-refractivity contribution is 0.0774. The van der Waals surface area contributed by atoms with Gasteiger partial charge in [-0.3, -0.25) is 9.48 Å². The average molecular weight is 336 g/mol. The predicted octanol–water partition coefficient (Wildman–Crippen LogP) is 2.57. The van der Waals surface area contributed by atoms with Crippen LogP contribution in [0.2, 0.25) is 0 Å². The Kier molecular flexibility index (Phi) is 3.87. The van der Waals surface area contributed by atoms with Crippen LogP contribution in [0.25, 0.3) is 11.0 Å². The van der Waals surface area contributed by atoms with E-state index in [1.165, 1.54) is 0 Å². The number of amides is 1. The largest absolute Gasteiger partial charge is 0.489 e. The van der Waals surface area contributed by atoms with Gasteiger partial charge in [-0.25, -0.2) is 4.98 Å². The smallest absolute Gasteiger partial charge is 0.254 e. The number of hydrogen-bond donors (Lipinski definition) is 0. The van der Waals surface area contributed by atoms with Crippen LogP contribution in [0.4, 0.5) is 0 Å². The maximum absolute atomic E-state index is 13.0. The first kappa shape index (κ1) is 15.6. The van der Waals surface area contributed by atoms with Gasteiger partial charge in [0.25, 0.3) is 5.91 Å². The SMILES string of the molecule is Cc1cc(C(=O)N2CCC(Oc3ccccc3)C2)c2cnn(C)c2n1. The van der Waals surface area contributed by atoms with Gasteiger partial charge in [0.2, 0.25) is 0 Å². The van der Waals surface area contributed by atoms with Crippen LogP contribution in [-0.4, -0.2) is 44.8 Å². The summed E-state index contributed by atoms with van der Waals surface area (Å²) in [4.78, 5) is 19.4. The van der Waals surface area contributed by atoms with E-state index in [-0.39, 0.29) is 12.0 Å². The second kappa shape index (κ2) is 6.20. The Morgan fingerprint density at radius 3 is 2.88 bits per heavy atom. The molecule has 1 amide bonds. The quantitative estimate of drug-likeness (QED) is 0.737. The number of aromatic nitrogens is 3. The molecule has 128 valence electrons. The fourth-order valence-corrected chi connectivity index (χ4v) is 3.29. The molecule has 2 aromatic heterocycles. The number of benzene rings is 1. The Bertz CT molecular complexity index is 920. The van der Waals surface area contributed by atoms with Crippen molar-refractivity contribution in [3.05, 3.63) is 53.9 Å². The molecule has 1 saturated heterocycles. The van der Waals surface area contributed by atoms with Crippen molar-refractivity contribution in [3.63, 3.8) is 0 Å². The van der Waals surface area contributed by atoms with Crippen LogP contribution in [0.5, 0.6) is 5.75 Å². The van der Waals surface area contributed by atoms with Gasteiger partial charge in [0.05, 0.1) is 23.7 Å². The van der Waals surface area contributed by atoms with Crippen molar-refractivity contribution in [1.29, 1.82) is 0 Å². The third kappa shape index (κ3) is 2.95. The van der Waals surface area contributed by atoms with Crippen LogP contribution >= 0.6 is 0 Å². The average Bonchev–Trinajstić information content (AvgIpc) is 3.22. The lowest BCUT2D eigenvalue weighted by Crippen LogP contribution is -2.31. The molecule has 1 aliphatic heterocycles. The minimum absolute atomic E-state index is 0.0164. The van der Waals surface area contributed by atoms with E-state index >= 15 is 0 Å². The van der Waals surface area contributed by atoms with Gasteiger partial charge >= 0.3 is 0 Å². The molecule has 6 heteroatoms. The molecule has 1 aromatic carbocycles. The number of nitrogens with zero attached hydrogens (tertiary/aromatic N) is 4. The van der Waals surface area contributed by atoms with E-state index in [1.54, 1.807) is 10.9 Å². The highest BCUT2D eigenvalue weighted by Crippen LogP contribution is 2.23. The summed E-state index contributed by atoms with van der Waals surface area (Å²) in [5, 5.41) is 5.03. The molecule has 0 radical (unpaired) electrons. The van der Waals surface area contributed by atoms with Gasteiger partial charge in [-0.2, -0.15) is 5.10 Å². The molecule has 0 saturated carbocycles. The molecule has 0 aliphatic carbocycles. The number of carbonyl (C=O) groups excluding carboxylic acids is 1. The van der Waals surface area contributed by atoms with E-state index < -0.39 is 0 Å². The number of fused-ring (bicyclic) bond motifs is 1. The first-order valence-corrected chi connectivity index (χ1v) is 8.42. The van der Waals surface area contributed by atoms with E-state index in [4.69, 9.17) is 4.74 Å². The molecule has 1 aliphatic rings. The number of ether oxygens (including phenoxy) is 1. The van der Waals surface area contributed by atoms with Crippen LogP contribution in [0.1, 0.15) is 22.5 Å². The monoisotopic (exact) mass is 336 g/mol. The van der Waals surface area contributed by atoms with Crippen LogP contribution in [0.15, 0.2) is 42.6 Å². The van der Waals surface area contributed by atoms with Crippen LogP contribution in [-0.2, 0) is 7.05 Å². The predicted molar refractivity (Wildman–Crippen MR) is 94.6 cm³/mol. The zero-order valence-corrected chi connectivity index (χ0v) is 14.3. The summed E-state index contributed by atoms with van der Waals surface area (Å²) in [6, 6.07) is 11.6. The zero-order chi connectivity index (χ0) is 17.4. The third-order valence-electron chi connectivity index (χ3n) is 4.54. The first-order chi connectivity index (χ1) is 12.1. The summed E-state index contributed by atoms with van der Waals surface area (Å²) in [6.45, 7) is 3.19. The van der Waals surface area contributed by atoms with Gasteiger partial charge in [-0.15, -0.1) is 0 Å². The Labute approximate surface area is 146 Å². The molecule has 3 aromatic rings. The minimum Gasteiger partial charge on any atom is -0.489 e. The van der Waals surface area contributed by atoms with E-state index in [0.717, 1.165) is 28.9 Å². The number of aryl methyl sites for hydroxylation is 2. The van der Waals surface area contributed by atoms with Crippen molar-refractivity contribution in [2.24, 2.45) is 7.05 Å². The molecular formula is C19H20N4O2. The molecule has 1 unspecified atom stereocenters. The number of rotatable bonds is 3. The Balaban J connectivity index is 1.54. The molecule has 25 heavy (non-hydrogen) atoms. The lowest BCUT2D eigenvalue weighted by Gasteiger charge is -2.18. The van der Waals surface area contributed by atoms with Crippen molar-refractivity contribution >= 4 is 16.9 Å². The molecule has 6 nitrogen and oxygen atoms in total. The van der Waals surface area contributed by atoms with E-state index in [2.05, 4.69) is 10.1 Å². The van der Waals surface area contributed by atoms with Gasteiger partial charge in [-0.1, -0.05) is 18.2 Å². The fraction of sp³-hybridized carbons (Fsp3) is 0.316. The molecule has 1 fully saturated rings. The summed E-state index contributed by atoms with van der Waals surface area (Å²) >= 11 is 0. The maximum atomic E-state index is 13.0.